The van der Waals surface area contributed by atoms with E-state index in [9.17, 15) is 9.59 Å². The number of piperidine rings is 1. The van der Waals surface area contributed by atoms with E-state index in [2.05, 4.69) is 23.3 Å². The van der Waals surface area contributed by atoms with Crippen molar-refractivity contribution in [3.8, 4) is 0 Å². The number of benzene rings is 1. The standard InChI is InChI=1S/C22H33N5O2/c1-5-26(6-2)22(29)24-16-10-17-18-8-15(23)9-20-21(18)14(11-27(20)13(3)28)7-19(17)25(4)12-16/h8-9,14,16-17,19H,5-7,10-12,23H2,1-4H3,(H,24,29)/t14?,16-,17?,19+/m0/s1. The summed E-state index contributed by atoms with van der Waals surface area (Å²) in [6.07, 6.45) is 1.95. The molecule has 2 aliphatic heterocycles. The highest BCUT2D eigenvalue weighted by Gasteiger charge is 2.46. The molecule has 0 aromatic heterocycles. The van der Waals surface area contributed by atoms with Gasteiger partial charge in [-0.15, -0.1) is 0 Å². The summed E-state index contributed by atoms with van der Waals surface area (Å²) in [6.45, 7) is 8.66. The summed E-state index contributed by atoms with van der Waals surface area (Å²) in [5, 5.41) is 3.25. The summed E-state index contributed by atoms with van der Waals surface area (Å²) in [7, 11) is 2.16. The van der Waals surface area contributed by atoms with Gasteiger partial charge in [0.1, 0.15) is 0 Å². The molecule has 0 bridgehead atoms. The largest absolute Gasteiger partial charge is 0.399 e. The van der Waals surface area contributed by atoms with Crippen LogP contribution in [-0.2, 0) is 4.79 Å². The number of likely N-dealkylation sites (tertiary alicyclic amines) is 1. The van der Waals surface area contributed by atoms with Gasteiger partial charge in [0.25, 0.3) is 0 Å². The smallest absolute Gasteiger partial charge is 0.317 e. The molecule has 3 aliphatic rings. The molecule has 7 heteroatoms. The third kappa shape index (κ3) is 3.35. The molecule has 4 atom stereocenters. The zero-order valence-corrected chi connectivity index (χ0v) is 17.9. The van der Waals surface area contributed by atoms with Gasteiger partial charge in [-0.25, -0.2) is 4.79 Å². The fourth-order valence-electron chi connectivity index (χ4n) is 5.74. The van der Waals surface area contributed by atoms with E-state index in [1.165, 1.54) is 11.1 Å². The number of nitrogens with zero attached hydrogens (tertiary/aromatic N) is 3. The summed E-state index contributed by atoms with van der Waals surface area (Å²) >= 11 is 0. The summed E-state index contributed by atoms with van der Waals surface area (Å²) in [6, 6.07) is 4.59. The van der Waals surface area contributed by atoms with Crippen molar-refractivity contribution in [2.45, 2.75) is 57.5 Å². The molecule has 1 aromatic rings. The van der Waals surface area contributed by atoms with Gasteiger partial charge in [0.05, 0.1) is 0 Å². The van der Waals surface area contributed by atoms with Crippen molar-refractivity contribution >= 4 is 23.3 Å². The van der Waals surface area contributed by atoms with Crippen LogP contribution in [0.3, 0.4) is 0 Å². The van der Waals surface area contributed by atoms with Crippen LogP contribution in [0.5, 0.6) is 0 Å². The number of rotatable bonds is 3. The number of carbonyl (C=O) groups is 2. The maximum Gasteiger partial charge on any atom is 0.317 e. The van der Waals surface area contributed by atoms with Crippen LogP contribution in [0.4, 0.5) is 16.2 Å². The van der Waals surface area contributed by atoms with Gasteiger partial charge in [0, 0.05) is 68.4 Å². The molecule has 1 saturated heterocycles. The first-order chi connectivity index (χ1) is 13.8. The molecule has 4 rings (SSSR count). The summed E-state index contributed by atoms with van der Waals surface area (Å²) in [5.41, 5.74) is 10.5. The molecule has 1 fully saturated rings. The van der Waals surface area contributed by atoms with Crippen LogP contribution in [0.15, 0.2) is 12.1 Å². The lowest BCUT2D eigenvalue weighted by molar-refractivity contribution is -0.116. The van der Waals surface area contributed by atoms with E-state index in [4.69, 9.17) is 5.73 Å². The van der Waals surface area contributed by atoms with Crippen LogP contribution in [0, 0.1) is 0 Å². The second-order valence-corrected chi connectivity index (χ2v) is 8.77. The minimum absolute atomic E-state index is 0.0149. The molecule has 0 spiro atoms. The number of hydrogen-bond donors (Lipinski definition) is 2. The summed E-state index contributed by atoms with van der Waals surface area (Å²) < 4.78 is 0. The van der Waals surface area contributed by atoms with E-state index in [1.54, 1.807) is 6.92 Å². The average molecular weight is 400 g/mol. The first-order valence-electron chi connectivity index (χ1n) is 10.8. The van der Waals surface area contributed by atoms with E-state index in [-0.39, 0.29) is 18.0 Å². The molecule has 3 amide bonds. The minimum Gasteiger partial charge on any atom is -0.399 e. The molecule has 7 nitrogen and oxygen atoms in total. The van der Waals surface area contributed by atoms with Crippen LogP contribution in [0.2, 0.25) is 0 Å². The molecule has 3 N–H and O–H groups in total. The van der Waals surface area contributed by atoms with Crippen molar-refractivity contribution in [2.75, 3.05) is 43.9 Å². The van der Waals surface area contributed by atoms with E-state index in [1.807, 2.05) is 29.7 Å². The quantitative estimate of drug-likeness (QED) is 0.765. The van der Waals surface area contributed by atoms with Crippen molar-refractivity contribution in [3.63, 3.8) is 0 Å². The third-order valence-electron chi connectivity index (χ3n) is 7.08. The third-order valence-corrected chi connectivity index (χ3v) is 7.08. The number of carbonyl (C=O) groups excluding carboxylic acids is 2. The van der Waals surface area contributed by atoms with Crippen LogP contribution in [0.1, 0.15) is 56.6 Å². The Morgan fingerprint density at radius 1 is 1.21 bits per heavy atom. The summed E-state index contributed by atoms with van der Waals surface area (Å²) in [4.78, 5) is 30.9. The van der Waals surface area contributed by atoms with Crippen molar-refractivity contribution in [1.82, 2.24) is 15.1 Å². The number of fused-ring (bicyclic) bond motifs is 2. The second-order valence-electron chi connectivity index (χ2n) is 8.77. The average Bonchev–Trinajstić information content (AvgIpc) is 3.03. The number of amides is 3. The van der Waals surface area contributed by atoms with Gasteiger partial charge in [-0.1, -0.05) is 0 Å². The highest BCUT2D eigenvalue weighted by Crippen LogP contribution is 2.52. The van der Waals surface area contributed by atoms with Crippen LogP contribution < -0.4 is 16.0 Å². The predicted octanol–water partition coefficient (Wildman–Crippen LogP) is 2.33. The van der Waals surface area contributed by atoms with E-state index in [0.717, 1.165) is 31.6 Å². The lowest BCUT2D eigenvalue weighted by Gasteiger charge is -2.47. The van der Waals surface area contributed by atoms with Crippen LogP contribution in [0.25, 0.3) is 0 Å². The molecule has 2 unspecified atom stereocenters. The van der Waals surface area contributed by atoms with Crippen molar-refractivity contribution in [2.24, 2.45) is 0 Å². The molecule has 2 heterocycles. The lowest BCUT2D eigenvalue weighted by atomic mass is 9.69. The Morgan fingerprint density at radius 2 is 1.93 bits per heavy atom. The fraction of sp³-hybridized carbons (Fsp3) is 0.636. The first kappa shape index (κ1) is 20.0. The van der Waals surface area contributed by atoms with Gasteiger partial charge in [0.2, 0.25) is 5.91 Å². The highest BCUT2D eigenvalue weighted by atomic mass is 16.2. The first-order valence-corrected chi connectivity index (χ1v) is 10.8. The van der Waals surface area contributed by atoms with Crippen LogP contribution >= 0.6 is 0 Å². The van der Waals surface area contributed by atoms with Crippen molar-refractivity contribution in [3.05, 3.63) is 23.3 Å². The SMILES string of the molecule is CCN(CC)C(=O)N[C@H]1CC2c3cc(N)cc4c3C(C[C@H]2N(C)C1)CN4C(C)=O. The Bertz CT molecular complexity index is 822. The molecular weight excluding hydrogens is 366 g/mol. The minimum atomic E-state index is 0.0149. The maximum atomic E-state index is 12.6. The number of hydrogen-bond acceptors (Lipinski definition) is 4. The van der Waals surface area contributed by atoms with Gasteiger partial charge in [0.15, 0.2) is 0 Å². The van der Waals surface area contributed by atoms with E-state index in [0.29, 0.717) is 36.7 Å². The zero-order valence-electron chi connectivity index (χ0n) is 17.9. The molecule has 29 heavy (non-hydrogen) atoms. The van der Waals surface area contributed by atoms with Gasteiger partial charge in [-0.3, -0.25) is 4.79 Å². The Labute approximate surface area is 173 Å². The Kier molecular flexibility index (Phi) is 5.19. The van der Waals surface area contributed by atoms with Crippen molar-refractivity contribution in [1.29, 1.82) is 0 Å². The highest BCUT2D eigenvalue weighted by molar-refractivity contribution is 5.95. The molecule has 158 valence electrons. The number of likely N-dealkylation sites (N-methyl/N-ethyl adjacent to an activating group) is 1. The lowest BCUT2D eigenvalue weighted by Crippen LogP contribution is -2.56. The number of anilines is 2. The monoisotopic (exact) mass is 399 g/mol. The zero-order chi connectivity index (χ0) is 20.9. The Balaban J connectivity index is 1.64. The van der Waals surface area contributed by atoms with E-state index >= 15 is 0 Å². The van der Waals surface area contributed by atoms with Gasteiger partial charge in [-0.2, -0.15) is 0 Å². The van der Waals surface area contributed by atoms with Gasteiger partial charge in [-0.05, 0) is 57.0 Å². The predicted molar refractivity (Wildman–Crippen MR) is 115 cm³/mol. The molecular formula is C22H33N5O2. The Hall–Kier alpha value is -2.28. The van der Waals surface area contributed by atoms with E-state index < -0.39 is 0 Å². The van der Waals surface area contributed by atoms with Crippen molar-refractivity contribution < 1.29 is 9.59 Å². The number of nitrogen functional groups attached to an aromatic ring is 1. The fourth-order valence-corrected chi connectivity index (χ4v) is 5.74. The molecule has 1 aromatic carbocycles. The second kappa shape index (κ2) is 7.52. The number of nitrogens with two attached hydrogens (primary N) is 1. The topological polar surface area (TPSA) is 81.9 Å². The normalized spacial score (nSPS) is 27.9. The van der Waals surface area contributed by atoms with Gasteiger partial charge >= 0.3 is 6.03 Å². The Morgan fingerprint density at radius 3 is 2.59 bits per heavy atom. The molecule has 0 saturated carbocycles. The van der Waals surface area contributed by atoms with Crippen LogP contribution in [-0.4, -0.2) is 67.0 Å². The number of nitrogens with one attached hydrogen (secondary N) is 1. The van der Waals surface area contributed by atoms with Gasteiger partial charge < -0.3 is 25.8 Å². The maximum absolute atomic E-state index is 12.6. The summed E-state index contributed by atoms with van der Waals surface area (Å²) in [5.74, 6) is 0.763. The molecule has 0 radical (unpaired) electrons. The molecule has 1 aliphatic carbocycles. The number of urea groups is 1.